The fraction of sp³-hybridized carbons (Fsp3) is 0.944. The molecule has 0 bridgehead atoms. The number of sulfonamides is 1. The lowest BCUT2D eigenvalue weighted by atomic mass is 10.3. The van der Waals surface area contributed by atoms with Crippen molar-refractivity contribution < 1.29 is 33.6 Å². The molecule has 0 aromatic carbocycles. The molecule has 29 heavy (non-hydrogen) atoms. The number of carbonyl (C=O) groups is 1. The van der Waals surface area contributed by atoms with Gasteiger partial charge >= 0.3 is 0 Å². The number of hydrogen-bond acceptors (Lipinski definition) is 8. The summed E-state index contributed by atoms with van der Waals surface area (Å²) >= 11 is 0. The van der Waals surface area contributed by atoms with E-state index < -0.39 is 10.0 Å². The Hall–Kier alpha value is -0.820. The lowest BCUT2D eigenvalue weighted by Gasteiger charge is -2.33. The minimum atomic E-state index is -3.08. The summed E-state index contributed by atoms with van der Waals surface area (Å²) < 4.78 is 46.0. The lowest BCUT2D eigenvalue weighted by molar-refractivity contribution is -0.127. The normalized spacial score (nSPS) is 16.4. The van der Waals surface area contributed by atoms with Crippen LogP contribution in [0.3, 0.4) is 0 Å². The average molecular weight is 442 g/mol. The third kappa shape index (κ3) is 13.9. The molecule has 1 heterocycles. The molecule has 1 aliphatic heterocycles. The highest BCUT2D eigenvalue weighted by molar-refractivity contribution is 7.88. The van der Waals surface area contributed by atoms with Crippen LogP contribution in [0.4, 0.5) is 0 Å². The highest BCUT2D eigenvalue weighted by Gasteiger charge is 2.22. The molecule has 11 heteroatoms. The predicted molar refractivity (Wildman–Crippen MR) is 112 cm³/mol. The van der Waals surface area contributed by atoms with E-state index in [0.717, 1.165) is 19.6 Å². The van der Waals surface area contributed by atoms with E-state index in [4.69, 9.17) is 18.9 Å². The largest absolute Gasteiger partial charge is 0.378 e. The molecule has 0 spiro atoms. The first-order valence-electron chi connectivity index (χ1n) is 10.1. The van der Waals surface area contributed by atoms with Gasteiger partial charge in [-0.15, -0.1) is 0 Å². The Morgan fingerprint density at radius 1 is 0.966 bits per heavy atom. The third-order valence-electron chi connectivity index (χ3n) is 4.21. The zero-order chi connectivity index (χ0) is 21.5. The second-order valence-electron chi connectivity index (χ2n) is 7.05. The molecule has 1 fully saturated rings. The molecule has 0 atom stereocenters. The monoisotopic (exact) mass is 441 g/mol. The van der Waals surface area contributed by atoms with Crippen LogP contribution in [0.15, 0.2) is 0 Å². The van der Waals surface area contributed by atoms with Crippen molar-refractivity contribution in [3.8, 4) is 0 Å². The number of piperazine rings is 1. The van der Waals surface area contributed by atoms with Gasteiger partial charge in [0.1, 0.15) is 6.61 Å². The molecule has 0 aliphatic carbocycles. The highest BCUT2D eigenvalue weighted by atomic mass is 32.2. The first kappa shape index (κ1) is 26.2. The van der Waals surface area contributed by atoms with Crippen LogP contribution >= 0.6 is 0 Å². The van der Waals surface area contributed by atoms with E-state index in [2.05, 4.69) is 10.2 Å². The van der Waals surface area contributed by atoms with Gasteiger partial charge in [0, 0.05) is 40.7 Å². The van der Waals surface area contributed by atoms with E-state index in [-0.39, 0.29) is 20.0 Å². The molecule has 1 saturated heterocycles. The number of hydrogen-bond donors (Lipinski definition) is 1. The van der Waals surface area contributed by atoms with Gasteiger partial charge in [-0.25, -0.2) is 8.42 Å². The van der Waals surface area contributed by atoms with Crippen molar-refractivity contribution in [2.45, 2.75) is 20.0 Å². The van der Waals surface area contributed by atoms with Gasteiger partial charge in [-0.3, -0.25) is 9.69 Å². The van der Waals surface area contributed by atoms with Crippen molar-refractivity contribution in [3.63, 3.8) is 0 Å². The molecule has 0 saturated carbocycles. The maximum Gasteiger partial charge on any atom is 0.246 e. The predicted octanol–water partition coefficient (Wildman–Crippen LogP) is -0.599. The molecule has 0 aromatic rings. The van der Waals surface area contributed by atoms with Gasteiger partial charge in [0.05, 0.1) is 52.0 Å². The molecule has 0 aromatic heterocycles. The molecule has 0 unspecified atom stereocenters. The zero-order valence-corrected chi connectivity index (χ0v) is 18.7. The first-order valence-corrected chi connectivity index (χ1v) is 11.9. The van der Waals surface area contributed by atoms with Crippen LogP contribution in [0, 0.1) is 0 Å². The summed E-state index contributed by atoms with van der Waals surface area (Å²) in [6.45, 7) is 10.6. The summed E-state index contributed by atoms with van der Waals surface area (Å²) in [6, 6.07) is 0. The van der Waals surface area contributed by atoms with Crippen LogP contribution in [-0.2, 0) is 33.8 Å². The van der Waals surface area contributed by atoms with Gasteiger partial charge in [0.15, 0.2) is 0 Å². The number of carbonyl (C=O) groups excluding carboxylic acids is 1. The number of rotatable bonds is 16. The smallest absolute Gasteiger partial charge is 0.246 e. The molecular formula is C18H39N3O7S. The van der Waals surface area contributed by atoms with Crippen molar-refractivity contribution in [2.24, 2.45) is 0 Å². The molecule has 1 amide bonds. The Balaban J connectivity index is 0.00000841. The van der Waals surface area contributed by atoms with Crippen LogP contribution in [0.25, 0.3) is 0 Å². The SMILES string of the molecule is CC(C)OCC(=O)NCCOCCOCCOCCN1CCN(S(C)(=O)=O)CC1.[HH]. The van der Waals surface area contributed by atoms with Crippen LogP contribution in [0.5, 0.6) is 0 Å². The van der Waals surface area contributed by atoms with Gasteiger partial charge in [0.2, 0.25) is 15.9 Å². The first-order chi connectivity index (χ1) is 13.8. The highest BCUT2D eigenvalue weighted by Crippen LogP contribution is 2.05. The Morgan fingerprint density at radius 3 is 2.07 bits per heavy atom. The number of amides is 1. The summed E-state index contributed by atoms with van der Waals surface area (Å²) in [4.78, 5) is 13.6. The number of ether oxygens (including phenoxy) is 4. The Bertz CT molecular complexity index is 544. The van der Waals surface area contributed by atoms with Crippen molar-refractivity contribution in [3.05, 3.63) is 0 Å². The van der Waals surface area contributed by atoms with Gasteiger partial charge < -0.3 is 24.3 Å². The maximum absolute atomic E-state index is 11.5. The lowest BCUT2D eigenvalue weighted by Crippen LogP contribution is -2.49. The fourth-order valence-corrected chi connectivity index (χ4v) is 3.40. The Labute approximate surface area is 176 Å². The second-order valence-corrected chi connectivity index (χ2v) is 9.03. The van der Waals surface area contributed by atoms with E-state index in [0.29, 0.717) is 59.3 Å². The summed E-state index contributed by atoms with van der Waals surface area (Å²) in [7, 11) is -3.08. The standard InChI is InChI=1S/C18H37N3O7S.H2/c1-17(2)28-16-18(22)19-4-10-25-12-14-27-15-13-26-11-9-20-5-7-21(8-6-20)29(3,23)24;/h17H,4-16H2,1-3H3,(H,19,22);1H. The molecule has 174 valence electrons. The van der Waals surface area contributed by atoms with E-state index in [1.54, 1.807) is 0 Å². The topological polar surface area (TPSA) is 107 Å². The average Bonchev–Trinajstić information content (AvgIpc) is 2.67. The maximum atomic E-state index is 11.5. The third-order valence-corrected chi connectivity index (χ3v) is 5.52. The Morgan fingerprint density at radius 2 is 1.52 bits per heavy atom. The van der Waals surface area contributed by atoms with E-state index >= 15 is 0 Å². The second kappa shape index (κ2) is 15.1. The summed E-state index contributed by atoms with van der Waals surface area (Å²) in [5.41, 5.74) is 0. The number of nitrogens with zero attached hydrogens (tertiary/aromatic N) is 2. The molecule has 1 N–H and O–H groups in total. The molecular weight excluding hydrogens is 402 g/mol. The van der Waals surface area contributed by atoms with Crippen molar-refractivity contribution in [1.29, 1.82) is 0 Å². The molecule has 1 rings (SSSR count). The van der Waals surface area contributed by atoms with Crippen molar-refractivity contribution in [2.75, 3.05) is 91.8 Å². The summed E-state index contributed by atoms with van der Waals surface area (Å²) in [6.07, 6.45) is 1.29. The van der Waals surface area contributed by atoms with E-state index in [1.165, 1.54) is 10.6 Å². The van der Waals surface area contributed by atoms with E-state index in [9.17, 15) is 13.2 Å². The molecule has 1 aliphatic rings. The molecule has 0 radical (unpaired) electrons. The van der Waals surface area contributed by atoms with Gasteiger partial charge in [-0.05, 0) is 13.8 Å². The number of nitrogens with one attached hydrogen (secondary N) is 1. The van der Waals surface area contributed by atoms with E-state index in [1.807, 2.05) is 13.8 Å². The van der Waals surface area contributed by atoms with Crippen LogP contribution in [0.2, 0.25) is 0 Å². The molecule has 10 nitrogen and oxygen atoms in total. The fourth-order valence-electron chi connectivity index (χ4n) is 2.58. The van der Waals surface area contributed by atoms with Gasteiger partial charge in [-0.1, -0.05) is 0 Å². The van der Waals surface area contributed by atoms with Crippen LogP contribution in [-0.4, -0.2) is 121 Å². The minimum Gasteiger partial charge on any atom is -0.378 e. The van der Waals surface area contributed by atoms with Gasteiger partial charge in [0.25, 0.3) is 0 Å². The minimum absolute atomic E-state index is 0. The van der Waals surface area contributed by atoms with Crippen molar-refractivity contribution >= 4 is 15.9 Å². The Kier molecular flexibility index (Phi) is 13.6. The zero-order valence-electron chi connectivity index (χ0n) is 17.9. The van der Waals surface area contributed by atoms with Gasteiger partial charge in [-0.2, -0.15) is 4.31 Å². The van der Waals surface area contributed by atoms with Crippen molar-refractivity contribution in [1.82, 2.24) is 14.5 Å². The van der Waals surface area contributed by atoms with Crippen LogP contribution < -0.4 is 5.32 Å². The summed E-state index contributed by atoms with van der Waals surface area (Å²) in [5, 5.41) is 2.71. The quantitative estimate of drug-likeness (QED) is 0.317. The van der Waals surface area contributed by atoms with Crippen LogP contribution in [0.1, 0.15) is 15.3 Å². The summed E-state index contributed by atoms with van der Waals surface area (Å²) in [5.74, 6) is -0.145.